The first-order valence-electron chi connectivity index (χ1n) is 8.02. The molecule has 1 atom stereocenters. The van der Waals surface area contributed by atoms with Gasteiger partial charge in [-0.3, -0.25) is 14.5 Å². The normalized spacial score (nSPS) is 22.4. The number of carbonyl (C=O) groups is 2. The molecular formula is C19H18N2O2S. The molecule has 0 aromatic heterocycles. The Hall–Kier alpha value is -2.27. The van der Waals surface area contributed by atoms with E-state index in [0.717, 1.165) is 16.9 Å². The molecule has 2 amide bonds. The molecule has 5 heteroatoms. The summed E-state index contributed by atoms with van der Waals surface area (Å²) in [7, 11) is 0. The average molecular weight is 338 g/mol. The number of hydrogen-bond acceptors (Lipinski definition) is 3. The van der Waals surface area contributed by atoms with E-state index in [-0.39, 0.29) is 11.8 Å². The van der Waals surface area contributed by atoms with Crippen LogP contribution in [0.3, 0.4) is 0 Å². The second-order valence-electron chi connectivity index (χ2n) is 6.41. The van der Waals surface area contributed by atoms with Crippen molar-refractivity contribution in [3.05, 3.63) is 59.7 Å². The van der Waals surface area contributed by atoms with Crippen molar-refractivity contribution in [2.24, 2.45) is 0 Å². The molecule has 0 unspecified atom stereocenters. The van der Waals surface area contributed by atoms with Gasteiger partial charge in [-0.05, 0) is 29.7 Å². The standard InChI is InChI=1S/C19H18N2O2S/c1-12(2)13-7-9-14(10-8-13)21-17(22)11-24-19(21)15-5-3-4-6-16(15)20-18(19)23/h3-10,12H,11H2,1-2H3,(H,20,23)/t19-/m1/s1. The van der Waals surface area contributed by atoms with Crippen LogP contribution in [0.1, 0.15) is 30.9 Å². The first-order chi connectivity index (χ1) is 11.5. The molecule has 4 nitrogen and oxygen atoms in total. The Kier molecular flexibility index (Phi) is 3.42. The fourth-order valence-electron chi connectivity index (χ4n) is 3.39. The molecule has 1 fully saturated rings. The molecule has 2 aromatic rings. The third-order valence-corrected chi connectivity index (χ3v) is 6.03. The molecule has 24 heavy (non-hydrogen) atoms. The molecule has 122 valence electrons. The molecule has 0 aliphatic carbocycles. The number of fused-ring (bicyclic) bond motifs is 2. The number of hydrogen-bond donors (Lipinski definition) is 1. The van der Waals surface area contributed by atoms with Crippen LogP contribution in [0.5, 0.6) is 0 Å². The first kappa shape index (κ1) is 15.3. The number of anilines is 2. The van der Waals surface area contributed by atoms with Gasteiger partial charge in [0, 0.05) is 16.9 Å². The predicted octanol–water partition coefficient (Wildman–Crippen LogP) is 3.69. The second kappa shape index (κ2) is 5.38. The lowest BCUT2D eigenvalue weighted by atomic mass is 10.0. The molecule has 0 radical (unpaired) electrons. The lowest BCUT2D eigenvalue weighted by Gasteiger charge is -2.32. The van der Waals surface area contributed by atoms with Gasteiger partial charge in [-0.2, -0.15) is 0 Å². The third-order valence-electron chi connectivity index (χ3n) is 4.63. The van der Waals surface area contributed by atoms with Gasteiger partial charge in [-0.15, -0.1) is 11.8 Å². The summed E-state index contributed by atoms with van der Waals surface area (Å²) in [5, 5.41) is 2.93. The lowest BCUT2D eigenvalue weighted by Crippen LogP contribution is -2.47. The summed E-state index contributed by atoms with van der Waals surface area (Å²) in [5.74, 6) is 0.539. The monoisotopic (exact) mass is 338 g/mol. The van der Waals surface area contributed by atoms with Crippen LogP contribution in [0.2, 0.25) is 0 Å². The zero-order valence-corrected chi connectivity index (χ0v) is 14.4. The number of nitrogens with zero attached hydrogens (tertiary/aromatic N) is 1. The highest BCUT2D eigenvalue weighted by atomic mass is 32.2. The van der Waals surface area contributed by atoms with Gasteiger partial charge in [-0.1, -0.05) is 44.2 Å². The molecule has 2 aliphatic heterocycles. The maximum absolute atomic E-state index is 12.8. The molecule has 1 saturated heterocycles. The zero-order chi connectivity index (χ0) is 16.9. The number of benzene rings is 2. The molecule has 1 spiro atoms. The van der Waals surface area contributed by atoms with E-state index in [1.54, 1.807) is 4.90 Å². The van der Waals surface area contributed by atoms with Crippen molar-refractivity contribution in [3.8, 4) is 0 Å². The summed E-state index contributed by atoms with van der Waals surface area (Å²) in [5.41, 5.74) is 3.62. The Balaban J connectivity index is 1.84. The van der Waals surface area contributed by atoms with Crippen LogP contribution in [0, 0.1) is 0 Å². The summed E-state index contributed by atoms with van der Waals surface area (Å²) < 4.78 is 0. The number of rotatable bonds is 2. The van der Waals surface area contributed by atoms with Gasteiger partial charge in [0.1, 0.15) is 0 Å². The van der Waals surface area contributed by atoms with Gasteiger partial charge in [0.2, 0.25) is 10.8 Å². The van der Waals surface area contributed by atoms with Gasteiger partial charge in [0.25, 0.3) is 5.91 Å². The Morgan fingerprint density at radius 1 is 1.08 bits per heavy atom. The number of nitrogens with one attached hydrogen (secondary N) is 1. The van der Waals surface area contributed by atoms with Crippen LogP contribution in [0.15, 0.2) is 48.5 Å². The summed E-state index contributed by atoms with van der Waals surface area (Å²) >= 11 is 1.39. The fraction of sp³-hybridized carbons (Fsp3) is 0.263. The quantitative estimate of drug-likeness (QED) is 0.908. The number of thioether (sulfide) groups is 1. The lowest BCUT2D eigenvalue weighted by molar-refractivity contribution is -0.122. The summed E-state index contributed by atoms with van der Waals surface area (Å²) in [6.45, 7) is 4.27. The van der Waals surface area contributed by atoms with Crippen molar-refractivity contribution in [3.63, 3.8) is 0 Å². The van der Waals surface area contributed by atoms with E-state index in [4.69, 9.17) is 0 Å². The van der Waals surface area contributed by atoms with Gasteiger partial charge >= 0.3 is 0 Å². The number of carbonyl (C=O) groups excluding carboxylic acids is 2. The summed E-state index contributed by atoms with van der Waals surface area (Å²) in [4.78, 5) is 26.1. The minimum Gasteiger partial charge on any atom is -0.323 e. The highest BCUT2D eigenvalue weighted by molar-refractivity contribution is 8.02. The highest BCUT2D eigenvalue weighted by Gasteiger charge is 2.58. The van der Waals surface area contributed by atoms with E-state index in [1.807, 2.05) is 48.5 Å². The highest BCUT2D eigenvalue weighted by Crippen LogP contribution is 2.53. The molecule has 0 bridgehead atoms. The maximum Gasteiger partial charge on any atom is 0.266 e. The third kappa shape index (κ3) is 2.01. The SMILES string of the molecule is CC(C)c1ccc(N2C(=O)CS[C@]23C(=O)Nc2ccccc23)cc1. The smallest absolute Gasteiger partial charge is 0.266 e. The van der Waals surface area contributed by atoms with E-state index in [0.29, 0.717) is 11.7 Å². The van der Waals surface area contributed by atoms with Crippen molar-refractivity contribution in [1.29, 1.82) is 0 Å². The molecular weight excluding hydrogens is 320 g/mol. The largest absolute Gasteiger partial charge is 0.323 e. The van der Waals surface area contributed by atoms with Crippen LogP contribution >= 0.6 is 11.8 Å². The van der Waals surface area contributed by atoms with E-state index in [9.17, 15) is 9.59 Å². The molecule has 2 aliphatic rings. The summed E-state index contributed by atoms with van der Waals surface area (Å²) in [6, 6.07) is 15.5. The van der Waals surface area contributed by atoms with Crippen LogP contribution in [0.4, 0.5) is 11.4 Å². The van der Waals surface area contributed by atoms with Crippen LogP contribution in [-0.4, -0.2) is 17.6 Å². The van der Waals surface area contributed by atoms with Crippen molar-refractivity contribution in [2.75, 3.05) is 16.0 Å². The zero-order valence-electron chi connectivity index (χ0n) is 13.6. The van der Waals surface area contributed by atoms with Crippen LogP contribution in [-0.2, 0) is 14.5 Å². The van der Waals surface area contributed by atoms with E-state index >= 15 is 0 Å². The van der Waals surface area contributed by atoms with Crippen molar-refractivity contribution < 1.29 is 9.59 Å². The van der Waals surface area contributed by atoms with Gasteiger partial charge in [-0.25, -0.2) is 0 Å². The molecule has 0 saturated carbocycles. The molecule has 1 N–H and O–H groups in total. The topological polar surface area (TPSA) is 49.4 Å². The molecule has 2 aromatic carbocycles. The second-order valence-corrected chi connectivity index (χ2v) is 7.58. The minimum atomic E-state index is -0.993. The predicted molar refractivity (Wildman–Crippen MR) is 97.2 cm³/mol. The average Bonchev–Trinajstić information content (AvgIpc) is 3.07. The molecule has 2 heterocycles. The van der Waals surface area contributed by atoms with E-state index in [2.05, 4.69) is 19.2 Å². The van der Waals surface area contributed by atoms with E-state index in [1.165, 1.54) is 17.3 Å². The van der Waals surface area contributed by atoms with E-state index < -0.39 is 4.87 Å². The van der Waals surface area contributed by atoms with Crippen LogP contribution < -0.4 is 10.2 Å². The van der Waals surface area contributed by atoms with Gasteiger partial charge in [0.05, 0.1) is 5.75 Å². The number of para-hydroxylation sites is 1. The summed E-state index contributed by atoms with van der Waals surface area (Å²) in [6.07, 6.45) is 0. The van der Waals surface area contributed by atoms with Crippen molar-refractivity contribution in [1.82, 2.24) is 0 Å². The van der Waals surface area contributed by atoms with Crippen LogP contribution in [0.25, 0.3) is 0 Å². The molecule has 4 rings (SSSR count). The van der Waals surface area contributed by atoms with Crippen molar-refractivity contribution in [2.45, 2.75) is 24.6 Å². The van der Waals surface area contributed by atoms with Gasteiger partial charge in [0.15, 0.2) is 0 Å². The van der Waals surface area contributed by atoms with Gasteiger partial charge < -0.3 is 5.32 Å². The van der Waals surface area contributed by atoms with Crippen molar-refractivity contribution >= 4 is 35.0 Å². The minimum absolute atomic E-state index is 0.0378. The first-order valence-corrected chi connectivity index (χ1v) is 9.00. The maximum atomic E-state index is 12.8. The Bertz CT molecular complexity index is 832. The number of amides is 2. The fourth-order valence-corrected chi connectivity index (χ4v) is 4.70. The Labute approximate surface area is 145 Å². The Morgan fingerprint density at radius 3 is 2.50 bits per heavy atom. The Morgan fingerprint density at radius 2 is 1.79 bits per heavy atom.